The van der Waals surface area contributed by atoms with Crippen LogP contribution in [0.5, 0.6) is 0 Å². The Morgan fingerprint density at radius 1 is 1.48 bits per heavy atom. The van der Waals surface area contributed by atoms with Crippen molar-refractivity contribution in [1.82, 2.24) is 20.4 Å². The molecule has 1 aliphatic rings. The Bertz CT molecular complexity index is 625. The van der Waals surface area contributed by atoms with Crippen LogP contribution in [0.4, 0.5) is 0 Å². The summed E-state index contributed by atoms with van der Waals surface area (Å²) in [7, 11) is 0. The van der Waals surface area contributed by atoms with E-state index in [1.54, 1.807) is 18.5 Å². The highest BCUT2D eigenvalue weighted by atomic mass is 16.5. The molecule has 3 heterocycles. The molecule has 1 atom stereocenters. The minimum absolute atomic E-state index is 0.0582. The molecule has 1 fully saturated rings. The maximum absolute atomic E-state index is 11.7. The zero-order chi connectivity index (χ0) is 15.9. The largest absolute Gasteiger partial charge is 0.376 e. The van der Waals surface area contributed by atoms with Crippen LogP contribution in [-0.4, -0.2) is 46.9 Å². The van der Waals surface area contributed by atoms with E-state index in [1.807, 2.05) is 6.07 Å². The molecular weight excluding hydrogens is 300 g/mol. The topological polar surface area (TPSA) is 99.4 Å². The van der Waals surface area contributed by atoms with Crippen LogP contribution in [-0.2, 0) is 20.9 Å². The summed E-state index contributed by atoms with van der Waals surface area (Å²) in [6, 6.07) is 3.63. The number of aromatic nitrogens is 3. The number of carbonyl (C=O) groups is 1. The molecule has 1 aliphatic heterocycles. The van der Waals surface area contributed by atoms with Gasteiger partial charge in [-0.15, -0.1) is 0 Å². The van der Waals surface area contributed by atoms with Gasteiger partial charge >= 0.3 is 0 Å². The van der Waals surface area contributed by atoms with Crippen LogP contribution in [0.1, 0.15) is 18.7 Å². The lowest BCUT2D eigenvalue weighted by Crippen LogP contribution is -2.34. The minimum atomic E-state index is -0.188. The van der Waals surface area contributed by atoms with Crippen LogP contribution < -0.4 is 5.32 Å². The maximum atomic E-state index is 11.7. The van der Waals surface area contributed by atoms with Gasteiger partial charge < -0.3 is 19.3 Å². The number of pyridine rings is 1. The molecule has 0 radical (unpaired) electrons. The van der Waals surface area contributed by atoms with Crippen LogP contribution in [0.3, 0.4) is 0 Å². The van der Waals surface area contributed by atoms with Crippen molar-refractivity contribution in [2.24, 2.45) is 0 Å². The van der Waals surface area contributed by atoms with Crippen molar-refractivity contribution >= 4 is 5.91 Å². The summed E-state index contributed by atoms with van der Waals surface area (Å²) in [4.78, 5) is 19.8. The van der Waals surface area contributed by atoms with Crippen molar-refractivity contribution in [3.8, 4) is 11.4 Å². The molecule has 122 valence electrons. The second-order valence-corrected chi connectivity index (χ2v) is 5.19. The van der Waals surface area contributed by atoms with E-state index in [1.165, 1.54) is 0 Å². The lowest BCUT2D eigenvalue weighted by Gasteiger charge is -2.10. The molecule has 0 unspecified atom stereocenters. The van der Waals surface area contributed by atoms with Gasteiger partial charge in [0.15, 0.2) is 0 Å². The first-order valence-corrected chi connectivity index (χ1v) is 7.50. The number of nitrogens with zero attached hydrogens (tertiary/aromatic N) is 3. The summed E-state index contributed by atoms with van der Waals surface area (Å²) in [6.07, 6.45) is 5.47. The van der Waals surface area contributed by atoms with Gasteiger partial charge in [0.05, 0.1) is 6.10 Å². The van der Waals surface area contributed by atoms with E-state index >= 15 is 0 Å². The monoisotopic (exact) mass is 318 g/mol. The van der Waals surface area contributed by atoms with Crippen molar-refractivity contribution < 1.29 is 18.8 Å². The lowest BCUT2D eigenvalue weighted by molar-refractivity contribution is -0.126. The lowest BCUT2D eigenvalue weighted by atomic mass is 10.2. The predicted octanol–water partition coefficient (Wildman–Crippen LogP) is 0.943. The van der Waals surface area contributed by atoms with Gasteiger partial charge in [0, 0.05) is 31.1 Å². The molecule has 0 spiro atoms. The average molecular weight is 318 g/mol. The molecule has 0 saturated carbocycles. The fourth-order valence-corrected chi connectivity index (χ4v) is 2.24. The molecule has 1 N–H and O–H groups in total. The Hall–Kier alpha value is -2.32. The van der Waals surface area contributed by atoms with E-state index < -0.39 is 0 Å². The second kappa shape index (κ2) is 7.80. The Morgan fingerprint density at radius 3 is 3.22 bits per heavy atom. The summed E-state index contributed by atoms with van der Waals surface area (Å²) in [5.74, 6) is 0.572. The highest BCUT2D eigenvalue weighted by Crippen LogP contribution is 2.14. The van der Waals surface area contributed by atoms with Gasteiger partial charge in [0.1, 0.15) is 13.2 Å². The van der Waals surface area contributed by atoms with E-state index in [2.05, 4.69) is 20.4 Å². The Kier molecular flexibility index (Phi) is 5.28. The van der Waals surface area contributed by atoms with Crippen LogP contribution in [0, 0.1) is 0 Å². The molecule has 3 rings (SSSR count). The molecule has 8 nitrogen and oxygen atoms in total. The summed E-state index contributed by atoms with van der Waals surface area (Å²) >= 11 is 0. The van der Waals surface area contributed by atoms with Crippen molar-refractivity contribution in [2.45, 2.75) is 25.6 Å². The normalized spacial score (nSPS) is 17.3. The van der Waals surface area contributed by atoms with Gasteiger partial charge in [-0.25, -0.2) is 0 Å². The number of hydrogen-bond acceptors (Lipinski definition) is 7. The van der Waals surface area contributed by atoms with E-state index in [9.17, 15) is 4.79 Å². The Balaban J connectivity index is 1.39. The van der Waals surface area contributed by atoms with E-state index in [0.717, 1.165) is 25.0 Å². The molecule has 8 heteroatoms. The quantitative estimate of drug-likeness (QED) is 0.811. The first-order valence-electron chi connectivity index (χ1n) is 7.50. The second-order valence-electron chi connectivity index (χ2n) is 5.19. The van der Waals surface area contributed by atoms with Gasteiger partial charge in [-0.05, 0) is 25.0 Å². The third-order valence-electron chi connectivity index (χ3n) is 3.40. The Labute approximate surface area is 133 Å². The molecular formula is C15H18N4O4. The first kappa shape index (κ1) is 15.6. The smallest absolute Gasteiger partial charge is 0.252 e. The zero-order valence-corrected chi connectivity index (χ0v) is 12.6. The zero-order valence-electron chi connectivity index (χ0n) is 12.6. The molecule has 2 aromatic heterocycles. The van der Waals surface area contributed by atoms with Gasteiger partial charge in [-0.2, -0.15) is 4.98 Å². The summed E-state index contributed by atoms with van der Waals surface area (Å²) in [6.45, 7) is 1.32. The molecule has 2 aromatic rings. The number of hydrogen-bond donors (Lipinski definition) is 1. The fourth-order valence-electron chi connectivity index (χ4n) is 2.24. The van der Waals surface area contributed by atoms with Crippen LogP contribution in [0.15, 0.2) is 29.0 Å². The maximum Gasteiger partial charge on any atom is 0.252 e. The number of rotatable bonds is 7. The molecule has 0 bridgehead atoms. The van der Waals surface area contributed by atoms with E-state index in [0.29, 0.717) is 18.3 Å². The SMILES string of the molecule is O=C(COCc1nc(-c2cccnc2)no1)NC[C@H]1CCCO1. The van der Waals surface area contributed by atoms with Gasteiger partial charge in [-0.1, -0.05) is 5.16 Å². The summed E-state index contributed by atoms with van der Waals surface area (Å²) < 4.78 is 15.8. The van der Waals surface area contributed by atoms with Crippen molar-refractivity contribution in [3.05, 3.63) is 30.4 Å². The highest BCUT2D eigenvalue weighted by Gasteiger charge is 2.16. The van der Waals surface area contributed by atoms with Gasteiger partial charge in [-0.3, -0.25) is 9.78 Å². The van der Waals surface area contributed by atoms with Crippen LogP contribution in [0.25, 0.3) is 11.4 Å². The number of nitrogens with one attached hydrogen (secondary N) is 1. The van der Waals surface area contributed by atoms with E-state index in [4.69, 9.17) is 14.0 Å². The summed E-state index contributed by atoms with van der Waals surface area (Å²) in [5.41, 5.74) is 0.761. The van der Waals surface area contributed by atoms with Gasteiger partial charge in [0.25, 0.3) is 5.89 Å². The predicted molar refractivity (Wildman–Crippen MR) is 79.2 cm³/mol. The molecule has 23 heavy (non-hydrogen) atoms. The highest BCUT2D eigenvalue weighted by molar-refractivity contribution is 5.77. The molecule has 1 saturated heterocycles. The van der Waals surface area contributed by atoms with Crippen molar-refractivity contribution in [3.63, 3.8) is 0 Å². The number of amides is 1. The van der Waals surface area contributed by atoms with E-state index in [-0.39, 0.29) is 25.2 Å². The van der Waals surface area contributed by atoms with Crippen molar-refractivity contribution in [2.75, 3.05) is 19.8 Å². The molecule has 1 amide bonds. The average Bonchev–Trinajstić information content (AvgIpc) is 3.26. The fraction of sp³-hybridized carbons (Fsp3) is 0.467. The van der Waals surface area contributed by atoms with Crippen LogP contribution in [0.2, 0.25) is 0 Å². The Morgan fingerprint density at radius 2 is 2.43 bits per heavy atom. The third-order valence-corrected chi connectivity index (χ3v) is 3.40. The van der Waals surface area contributed by atoms with Crippen molar-refractivity contribution in [1.29, 1.82) is 0 Å². The number of carbonyl (C=O) groups excluding carboxylic acids is 1. The first-order chi connectivity index (χ1) is 11.3. The minimum Gasteiger partial charge on any atom is -0.376 e. The molecule has 0 aromatic carbocycles. The van der Waals surface area contributed by atoms with Crippen LogP contribution >= 0.6 is 0 Å². The third kappa shape index (κ3) is 4.57. The molecule has 0 aliphatic carbocycles. The summed E-state index contributed by atoms with van der Waals surface area (Å²) in [5, 5.41) is 6.63. The standard InChI is InChI=1S/C15H18N4O4/c20-13(17-8-12-4-2-6-22-12)9-21-10-14-18-15(19-23-14)11-3-1-5-16-7-11/h1,3,5,7,12H,2,4,6,8-10H2,(H,17,20)/t12-/m1/s1. The van der Waals surface area contributed by atoms with Gasteiger partial charge in [0.2, 0.25) is 11.7 Å². The number of ether oxygens (including phenoxy) is 2.